The Morgan fingerprint density at radius 2 is 1.91 bits per heavy atom. The van der Waals surface area contributed by atoms with Gasteiger partial charge in [-0.1, -0.05) is 18.2 Å². The lowest BCUT2D eigenvalue weighted by Crippen LogP contribution is -2.38. The molecule has 1 aromatic rings. The van der Waals surface area contributed by atoms with Crippen molar-refractivity contribution in [3.8, 4) is 0 Å². The zero-order chi connectivity index (χ0) is 15.6. The topological polar surface area (TPSA) is 40.6 Å². The van der Waals surface area contributed by atoms with Gasteiger partial charge in [-0.2, -0.15) is 13.2 Å². The molecule has 1 aromatic carbocycles. The van der Waals surface area contributed by atoms with Crippen molar-refractivity contribution < 1.29 is 22.8 Å². The molecule has 4 nitrogen and oxygen atoms in total. The van der Waals surface area contributed by atoms with E-state index in [1.54, 1.807) is 0 Å². The maximum atomic E-state index is 12.8. The Morgan fingerprint density at radius 3 is 2.59 bits per heavy atom. The molecule has 0 unspecified atom stereocenters. The van der Waals surface area contributed by atoms with E-state index >= 15 is 0 Å². The van der Waals surface area contributed by atoms with Gasteiger partial charge in [0.25, 0.3) is 5.91 Å². The second-order valence-corrected chi connectivity index (χ2v) is 5.71. The number of amides is 3. The van der Waals surface area contributed by atoms with Crippen molar-refractivity contribution in [3.63, 3.8) is 0 Å². The van der Waals surface area contributed by atoms with Gasteiger partial charge in [-0.3, -0.25) is 4.79 Å². The fourth-order valence-corrected chi connectivity index (χ4v) is 3.52. The quantitative estimate of drug-likeness (QED) is 0.591. The monoisotopic (exact) mass is 308 g/mol. The van der Waals surface area contributed by atoms with Gasteiger partial charge < -0.3 is 4.90 Å². The molecule has 0 saturated carbocycles. The molecule has 2 aliphatic heterocycles. The minimum Gasteiger partial charge on any atom is -0.305 e. The van der Waals surface area contributed by atoms with E-state index in [0.717, 1.165) is 23.5 Å². The number of anilines is 1. The zero-order valence-electron chi connectivity index (χ0n) is 11.2. The summed E-state index contributed by atoms with van der Waals surface area (Å²) >= 11 is 0. The first-order valence-corrected chi connectivity index (χ1v) is 6.90. The van der Waals surface area contributed by atoms with Crippen molar-refractivity contribution in [2.75, 3.05) is 4.90 Å². The molecule has 4 rings (SSSR count). The van der Waals surface area contributed by atoms with Crippen molar-refractivity contribution in [3.05, 3.63) is 42.0 Å². The Morgan fingerprint density at radius 1 is 1.14 bits per heavy atom. The number of halogens is 3. The highest BCUT2D eigenvalue weighted by Gasteiger charge is 2.57. The third-order valence-electron chi connectivity index (χ3n) is 4.47. The maximum Gasteiger partial charge on any atom is 0.416 e. The van der Waals surface area contributed by atoms with Gasteiger partial charge in [0, 0.05) is 5.92 Å². The molecule has 2 saturated heterocycles. The van der Waals surface area contributed by atoms with E-state index in [2.05, 4.69) is 0 Å². The van der Waals surface area contributed by atoms with Crippen LogP contribution in [0.4, 0.5) is 23.7 Å². The number of hydrogen-bond donors (Lipinski definition) is 0. The molecular formula is C15H11F3N2O2. The first-order chi connectivity index (χ1) is 10.4. The van der Waals surface area contributed by atoms with Crippen LogP contribution >= 0.6 is 0 Å². The number of nitrogens with zero attached hydrogens (tertiary/aromatic N) is 2. The highest BCUT2D eigenvalue weighted by Crippen LogP contribution is 2.43. The first-order valence-electron chi connectivity index (χ1n) is 6.90. The minimum atomic E-state index is -4.52. The standard InChI is InChI=1S/C15H11F3N2O2/c16-15(17,18)9-2-1-3-10(7-9)20-13(21)12-8-4-5-11(6-8)19(12)14(20)22/h1-5,7-8,11-12H,6H2/t8-,11+,12+/m1/s1. The Hall–Kier alpha value is -2.31. The van der Waals surface area contributed by atoms with Gasteiger partial charge in [0.05, 0.1) is 17.3 Å². The van der Waals surface area contributed by atoms with Crippen LogP contribution in [-0.4, -0.2) is 28.9 Å². The summed E-state index contributed by atoms with van der Waals surface area (Å²) in [5, 5.41) is 0. The number of benzene rings is 1. The van der Waals surface area contributed by atoms with Crippen molar-refractivity contribution in [1.82, 2.24) is 4.90 Å². The lowest BCUT2D eigenvalue weighted by Gasteiger charge is -2.22. The SMILES string of the molecule is O=C1[C@@H]2[C@@H]3C=C[C@@H](C3)N2C(=O)N1c1cccc(C(F)(F)F)c1. The average molecular weight is 308 g/mol. The second-order valence-electron chi connectivity index (χ2n) is 5.71. The number of alkyl halides is 3. The van der Waals surface area contributed by atoms with Gasteiger partial charge >= 0.3 is 12.2 Å². The Bertz CT molecular complexity index is 683. The molecule has 114 valence electrons. The number of imide groups is 1. The highest BCUT2D eigenvalue weighted by atomic mass is 19.4. The molecule has 1 aliphatic carbocycles. The van der Waals surface area contributed by atoms with Crippen molar-refractivity contribution >= 4 is 17.6 Å². The fraction of sp³-hybridized carbons (Fsp3) is 0.333. The van der Waals surface area contributed by atoms with Gasteiger partial charge in [0.1, 0.15) is 6.04 Å². The number of carbonyl (C=O) groups is 2. The summed E-state index contributed by atoms with van der Waals surface area (Å²) in [5.41, 5.74) is -0.905. The molecule has 0 aromatic heterocycles. The molecule has 7 heteroatoms. The third kappa shape index (κ3) is 1.65. The lowest BCUT2D eigenvalue weighted by molar-refractivity contribution is -0.137. The van der Waals surface area contributed by atoms with Gasteiger partial charge in [0.15, 0.2) is 0 Å². The summed E-state index contributed by atoms with van der Waals surface area (Å²) < 4.78 is 38.4. The van der Waals surface area contributed by atoms with E-state index in [9.17, 15) is 22.8 Å². The van der Waals surface area contributed by atoms with E-state index in [0.29, 0.717) is 0 Å². The molecule has 0 radical (unpaired) electrons. The van der Waals surface area contributed by atoms with Crippen LogP contribution in [0.15, 0.2) is 36.4 Å². The van der Waals surface area contributed by atoms with Crippen LogP contribution < -0.4 is 4.90 Å². The van der Waals surface area contributed by atoms with E-state index < -0.39 is 29.7 Å². The van der Waals surface area contributed by atoms with E-state index in [-0.39, 0.29) is 17.6 Å². The number of hydrogen-bond acceptors (Lipinski definition) is 2. The minimum absolute atomic E-state index is 0.0291. The largest absolute Gasteiger partial charge is 0.416 e. The molecule has 3 amide bonds. The summed E-state index contributed by atoms with van der Waals surface area (Å²) in [6, 6.07) is 3.08. The number of fused-ring (bicyclic) bond motifs is 5. The summed E-state index contributed by atoms with van der Waals surface area (Å²) in [5.74, 6) is -0.474. The lowest BCUT2D eigenvalue weighted by atomic mass is 10.0. The molecule has 0 N–H and O–H groups in total. The van der Waals surface area contributed by atoms with Crippen LogP contribution in [-0.2, 0) is 11.0 Å². The van der Waals surface area contributed by atoms with Crippen LogP contribution in [0.5, 0.6) is 0 Å². The predicted molar refractivity (Wildman–Crippen MR) is 71.0 cm³/mol. The maximum absolute atomic E-state index is 12.8. The smallest absolute Gasteiger partial charge is 0.305 e. The van der Waals surface area contributed by atoms with Crippen LogP contribution in [0.25, 0.3) is 0 Å². The van der Waals surface area contributed by atoms with E-state index in [1.807, 2.05) is 12.2 Å². The first kappa shape index (κ1) is 13.4. The molecule has 22 heavy (non-hydrogen) atoms. The molecule has 2 fully saturated rings. The highest BCUT2D eigenvalue weighted by molar-refractivity contribution is 6.22. The third-order valence-corrected chi connectivity index (χ3v) is 4.47. The summed E-state index contributed by atoms with van der Waals surface area (Å²) in [4.78, 5) is 27.3. The predicted octanol–water partition coefficient (Wildman–Crippen LogP) is 2.80. The Balaban J connectivity index is 1.73. The number of urea groups is 1. The Labute approximate surface area is 123 Å². The summed E-state index contributed by atoms with van der Waals surface area (Å²) in [6.45, 7) is 0. The second kappa shape index (κ2) is 4.12. The Kier molecular flexibility index (Phi) is 2.50. The molecule has 3 atom stereocenters. The summed E-state index contributed by atoms with van der Waals surface area (Å²) in [6.07, 6.45) is -0.00815. The molecular weight excluding hydrogens is 297 g/mol. The number of rotatable bonds is 1. The fourth-order valence-electron chi connectivity index (χ4n) is 3.52. The van der Waals surface area contributed by atoms with Gasteiger partial charge in [-0.15, -0.1) is 0 Å². The van der Waals surface area contributed by atoms with E-state index in [1.165, 1.54) is 17.0 Å². The molecule has 3 aliphatic rings. The van der Waals surface area contributed by atoms with Crippen LogP contribution in [0.2, 0.25) is 0 Å². The molecule has 0 spiro atoms. The van der Waals surface area contributed by atoms with Crippen LogP contribution in [0.3, 0.4) is 0 Å². The van der Waals surface area contributed by atoms with Crippen molar-refractivity contribution in [2.24, 2.45) is 5.92 Å². The van der Waals surface area contributed by atoms with Crippen molar-refractivity contribution in [1.29, 1.82) is 0 Å². The van der Waals surface area contributed by atoms with Gasteiger partial charge in [-0.05, 0) is 24.6 Å². The van der Waals surface area contributed by atoms with Crippen LogP contribution in [0.1, 0.15) is 12.0 Å². The van der Waals surface area contributed by atoms with Gasteiger partial charge in [-0.25, -0.2) is 9.69 Å². The number of carbonyl (C=O) groups excluding carboxylic acids is 2. The van der Waals surface area contributed by atoms with E-state index in [4.69, 9.17) is 0 Å². The van der Waals surface area contributed by atoms with Gasteiger partial charge in [0.2, 0.25) is 0 Å². The average Bonchev–Trinajstić information content (AvgIpc) is 3.12. The van der Waals surface area contributed by atoms with Crippen molar-refractivity contribution in [2.45, 2.75) is 24.7 Å². The zero-order valence-corrected chi connectivity index (χ0v) is 11.2. The van der Waals surface area contributed by atoms with Crippen LogP contribution in [0, 0.1) is 5.92 Å². The molecule has 2 bridgehead atoms. The molecule has 2 heterocycles. The normalized spacial score (nSPS) is 29.7. The summed E-state index contributed by atoms with van der Waals surface area (Å²) in [7, 11) is 0.